The smallest absolute Gasteiger partial charge is 0.121 e. The molecule has 3 heteroatoms. The third kappa shape index (κ3) is 2.41. The van der Waals surface area contributed by atoms with Crippen molar-refractivity contribution in [1.82, 2.24) is 10.2 Å². The average molecular weight is 247 g/mol. The zero-order chi connectivity index (χ0) is 12.6. The summed E-state index contributed by atoms with van der Waals surface area (Å²) in [6, 6.07) is 4.56. The highest BCUT2D eigenvalue weighted by Gasteiger charge is 2.48. The summed E-state index contributed by atoms with van der Waals surface area (Å²) in [6.07, 6.45) is 10.3. The predicted octanol–water partition coefficient (Wildman–Crippen LogP) is 2.43. The maximum Gasteiger partial charge on any atom is 0.121 e. The van der Waals surface area contributed by atoms with Crippen LogP contribution in [-0.2, 0) is 0 Å². The van der Waals surface area contributed by atoms with Crippen LogP contribution in [0, 0.1) is 11.3 Å². The molecular weight excluding hydrogens is 222 g/mol. The maximum absolute atomic E-state index is 9.65. The minimum absolute atomic E-state index is 0.260. The zero-order valence-electron chi connectivity index (χ0n) is 11.5. The summed E-state index contributed by atoms with van der Waals surface area (Å²) >= 11 is 0. The SMILES string of the molecule is CC1CC(C#N)(NC2CCCCC2)CN1C1CC1. The first-order chi connectivity index (χ1) is 8.72. The second-order valence-electron chi connectivity index (χ2n) is 6.63. The summed E-state index contributed by atoms with van der Waals surface area (Å²) in [6.45, 7) is 3.24. The van der Waals surface area contributed by atoms with Gasteiger partial charge in [0.2, 0.25) is 0 Å². The van der Waals surface area contributed by atoms with Gasteiger partial charge < -0.3 is 0 Å². The van der Waals surface area contributed by atoms with E-state index >= 15 is 0 Å². The quantitative estimate of drug-likeness (QED) is 0.832. The Labute approximate surface area is 111 Å². The first-order valence-electron chi connectivity index (χ1n) is 7.67. The van der Waals surface area contributed by atoms with E-state index in [2.05, 4.69) is 23.2 Å². The summed E-state index contributed by atoms with van der Waals surface area (Å²) in [4.78, 5) is 2.57. The maximum atomic E-state index is 9.65. The Kier molecular flexibility index (Phi) is 3.34. The first kappa shape index (κ1) is 12.4. The van der Waals surface area contributed by atoms with Crippen molar-refractivity contribution >= 4 is 0 Å². The van der Waals surface area contributed by atoms with Gasteiger partial charge in [0.15, 0.2) is 0 Å². The zero-order valence-corrected chi connectivity index (χ0v) is 11.5. The molecule has 3 fully saturated rings. The molecule has 2 unspecified atom stereocenters. The van der Waals surface area contributed by atoms with Crippen LogP contribution in [0.2, 0.25) is 0 Å². The Morgan fingerprint density at radius 2 is 1.89 bits per heavy atom. The predicted molar refractivity (Wildman–Crippen MR) is 72.2 cm³/mol. The lowest BCUT2D eigenvalue weighted by atomic mass is 9.90. The lowest BCUT2D eigenvalue weighted by Crippen LogP contribution is -2.51. The molecule has 0 aromatic rings. The average Bonchev–Trinajstić information content (AvgIpc) is 3.17. The molecule has 3 aliphatic rings. The summed E-state index contributed by atoms with van der Waals surface area (Å²) < 4.78 is 0. The van der Waals surface area contributed by atoms with E-state index in [4.69, 9.17) is 0 Å². The van der Waals surface area contributed by atoms with Gasteiger partial charge in [-0.2, -0.15) is 5.26 Å². The molecule has 1 aliphatic heterocycles. The fourth-order valence-corrected chi connectivity index (χ4v) is 3.90. The van der Waals surface area contributed by atoms with Crippen LogP contribution in [0.4, 0.5) is 0 Å². The largest absolute Gasteiger partial charge is 0.295 e. The summed E-state index contributed by atoms with van der Waals surface area (Å²) in [5.41, 5.74) is -0.260. The number of rotatable bonds is 3. The molecule has 0 aromatic heterocycles. The van der Waals surface area contributed by atoms with Crippen LogP contribution in [0.25, 0.3) is 0 Å². The highest BCUT2D eigenvalue weighted by Crippen LogP contribution is 2.37. The third-order valence-corrected chi connectivity index (χ3v) is 4.98. The van der Waals surface area contributed by atoms with Gasteiger partial charge in [-0.3, -0.25) is 10.2 Å². The topological polar surface area (TPSA) is 39.1 Å². The molecule has 18 heavy (non-hydrogen) atoms. The standard InChI is InChI=1S/C15H25N3/c1-12-9-15(10-16,11-18(12)14-7-8-14)17-13-5-3-2-4-6-13/h12-14,17H,2-9,11H2,1H3. The van der Waals surface area contributed by atoms with Crippen molar-refractivity contribution < 1.29 is 0 Å². The van der Waals surface area contributed by atoms with E-state index in [1.54, 1.807) is 0 Å². The van der Waals surface area contributed by atoms with Gasteiger partial charge in [0.25, 0.3) is 0 Å². The first-order valence-corrected chi connectivity index (χ1v) is 7.67. The molecule has 2 atom stereocenters. The molecular formula is C15H25N3. The monoisotopic (exact) mass is 247 g/mol. The number of nitriles is 1. The molecule has 1 N–H and O–H groups in total. The van der Waals surface area contributed by atoms with Crippen LogP contribution in [0.1, 0.15) is 58.3 Å². The Morgan fingerprint density at radius 3 is 2.50 bits per heavy atom. The fourth-order valence-electron chi connectivity index (χ4n) is 3.90. The summed E-state index contributed by atoms with van der Waals surface area (Å²) in [7, 11) is 0. The number of hydrogen-bond acceptors (Lipinski definition) is 3. The van der Waals surface area contributed by atoms with Gasteiger partial charge in [0, 0.05) is 24.7 Å². The van der Waals surface area contributed by atoms with E-state index in [0.29, 0.717) is 12.1 Å². The normalized spacial score (nSPS) is 38.8. The molecule has 0 amide bonds. The van der Waals surface area contributed by atoms with E-state index in [1.807, 2.05) is 0 Å². The minimum atomic E-state index is -0.260. The summed E-state index contributed by atoms with van der Waals surface area (Å²) in [5, 5.41) is 13.4. The molecule has 100 valence electrons. The highest BCUT2D eigenvalue weighted by molar-refractivity contribution is 5.17. The van der Waals surface area contributed by atoms with Crippen molar-refractivity contribution in [2.45, 2.75) is 82.0 Å². The number of nitrogens with one attached hydrogen (secondary N) is 1. The van der Waals surface area contributed by atoms with Gasteiger partial charge in [-0.05, 0) is 39.0 Å². The molecule has 0 aromatic carbocycles. The van der Waals surface area contributed by atoms with Gasteiger partial charge in [0.05, 0.1) is 6.07 Å². The lowest BCUT2D eigenvalue weighted by molar-refractivity contribution is 0.241. The van der Waals surface area contributed by atoms with Gasteiger partial charge >= 0.3 is 0 Å². The van der Waals surface area contributed by atoms with Gasteiger partial charge in [-0.25, -0.2) is 0 Å². The molecule has 3 rings (SSSR count). The van der Waals surface area contributed by atoms with Crippen molar-refractivity contribution in [1.29, 1.82) is 5.26 Å². The van der Waals surface area contributed by atoms with Crippen LogP contribution in [0.5, 0.6) is 0 Å². The Balaban J connectivity index is 1.65. The fraction of sp³-hybridized carbons (Fsp3) is 0.933. The second kappa shape index (κ2) is 4.83. The van der Waals surface area contributed by atoms with Crippen LogP contribution < -0.4 is 5.32 Å². The van der Waals surface area contributed by atoms with E-state index in [1.165, 1.54) is 44.9 Å². The van der Waals surface area contributed by atoms with E-state index < -0.39 is 0 Å². The van der Waals surface area contributed by atoms with Crippen LogP contribution in [0.3, 0.4) is 0 Å². The Bertz CT molecular complexity index is 338. The second-order valence-corrected chi connectivity index (χ2v) is 6.63. The highest BCUT2D eigenvalue weighted by atomic mass is 15.3. The number of hydrogen-bond donors (Lipinski definition) is 1. The number of nitrogens with zero attached hydrogens (tertiary/aromatic N) is 2. The molecule has 0 spiro atoms. The van der Waals surface area contributed by atoms with Crippen molar-refractivity contribution in [2.24, 2.45) is 0 Å². The van der Waals surface area contributed by atoms with Crippen LogP contribution in [0.15, 0.2) is 0 Å². The molecule has 1 heterocycles. The molecule has 2 aliphatic carbocycles. The Hall–Kier alpha value is -0.590. The molecule has 0 radical (unpaired) electrons. The lowest BCUT2D eigenvalue weighted by Gasteiger charge is -2.31. The van der Waals surface area contributed by atoms with E-state index in [-0.39, 0.29) is 5.54 Å². The van der Waals surface area contributed by atoms with Crippen molar-refractivity contribution in [3.05, 3.63) is 0 Å². The van der Waals surface area contributed by atoms with Crippen molar-refractivity contribution in [3.8, 4) is 6.07 Å². The van der Waals surface area contributed by atoms with Gasteiger partial charge in [-0.15, -0.1) is 0 Å². The number of likely N-dealkylation sites (tertiary alicyclic amines) is 1. The van der Waals surface area contributed by atoms with E-state index in [9.17, 15) is 5.26 Å². The van der Waals surface area contributed by atoms with Crippen LogP contribution in [-0.4, -0.2) is 35.1 Å². The van der Waals surface area contributed by atoms with Crippen molar-refractivity contribution in [3.63, 3.8) is 0 Å². The minimum Gasteiger partial charge on any atom is -0.295 e. The Morgan fingerprint density at radius 1 is 1.17 bits per heavy atom. The molecule has 2 saturated carbocycles. The summed E-state index contributed by atoms with van der Waals surface area (Å²) in [5.74, 6) is 0. The van der Waals surface area contributed by atoms with Gasteiger partial charge in [-0.1, -0.05) is 19.3 Å². The molecule has 3 nitrogen and oxygen atoms in total. The molecule has 0 bridgehead atoms. The van der Waals surface area contributed by atoms with Crippen molar-refractivity contribution in [2.75, 3.05) is 6.54 Å². The van der Waals surface area contributed by atoms with E-state index in [0.717, 1.165) is 19.0 Å². The third-order valence-electron chi connectivity index (χ3n) is 4.98. The van der Waals surface area contributed by atoms with Gasteiger partial charge in [0.1, 0.15) is 5.54 Å². The van der Waals surface area contributed by atoms with Crippen LogP contribution >= 0.6 is 0 Å². The molecule has 1 saturated heterocycles.